The summed E-state index contributed by atoms with van der Waals surface area (Å²) in [5.74, 6) is -0.139. The fourth-order valence-corrected chi connectivity index (χ4v) is 2.00. The molecule has 2 aromatic rings. The summed E-state index contributed by atoms with van der Waals surface area (Å²) >= 11 is 0. The van der Waals surface area contributed by atoms with Crippen LogP contribution >= 0.6 is 0 Å². The zero-order valence-electron chi connectivity index (χ0n) is 12.1. The van der Waals surface area contributed by atoms with Gasteiger partial charge in [-0.3, -0.25) is 4.79 Å². The summed E-state index contributed by atoms with van der Waals surface area (Å²) in [6.45, 7) is 2.01. The lowest BCUT2D eigenvalue weighted by Crippen LogP contribution is -2.16. The molecule has 0 aliphatic carbocycles. The van der Waals surface area contributed by atoms with Crippen LogP contribution in [-0.2, 0) is 22.7 Å². The molecule has 2 rings (SSSR count). The van der Waals surface area contributed by atoms with Gasteiger partial charge in [-0.2, -0.15) is 0 Å². The Morgan fingerprint density at radius 2 is 1.52 bits per heavy atom. The normalized spacial score (nSPS) is 10.3. The molecule has 0 aliphatic rings. The van der Waals surface area contributed by atoms with Crippen molar-refractivity contribution < 1.29 is 9.53 Å². The predicted molar refractivity (Wildman–Crippen MR) is 83.6 cm³/mol. The molecule has 0 amide bonds. The molecule has 21 heavy (non-hydrogen) atoms. The van der Waals surface area contributed by atoms with Crippen LogP contribution in [0.4, 0.5) is 0 Å². The molecule has 3 nitrogen and oxygen atoms in total. The number of benzene rings is 2. The zero-order valence-corrected chi connectivity index (χ0v) is 12.1. The molecular weight excluding hydrogens is 262 g/mol. The van der Waals surface area contributed by atoms with Gasteiger partial charge in [0.05, 0.1) is 0 Å². The fourth-order valence-electron chi connectivity index (χ4n) is 2.00. The van der Waals surface area contributed by atoms with Crippen LogP contribution < -0.4 is 5.32 Å². The van der Waals surface area contributed by atoms with E-state index in [1.165, 1.54) is 5.56 Å². The molecule has 0 atom stereocenters. The Hall–Kier alpha value is -2.13. The van der Waals surface area contributed by atoms with E-state index >= 15 is 0 Å². The molecule has 0 spiro atoms. The van der Waals surface area contributed by atoms with Crippen molar-refractivity contribution in [2.24, 2.45) is 0 Å². The van der Waals surface area contributed by atoms with Crippen LogP contribution in [0.15, 0.2) is 60.7 Å². The van der Waals surface area contributed by atoms with E-state index < -0.39 is 0 Å². The maximum absolute atomic E-state index is 11.6. The Kier molecular flexibility index (Phi) is 6.49. The summed E-state index contributed by atoms with van der Waals surface area (Å²) in [5, 5.41) is 3.32. The molecule has 2 aromatic carbocycles. The number of carbonyl (C=O) groups excluding carboxylic acids is 1. The van der Waals surface area contributed by atoms with Crippen LogP contribution in [0, 0.1) is 0 Å². The third-order valence-corrected chi connectivity index (χ3v) is 3.15. The summed E-state index contributed by atoms with van der Waals surface area (Å²) < 4.78 is 5.23. The lowest BCUT2D eigenvalue weighted by atomic mass is 10.2. The second-order valence-electron chi connectivity index (χ2n) is 4.91. The second kappa shape index (κ2) is 8.93. The lowest BCUT2D eigenvalue weighted by Gasteiger charge is -2.06. The first-order valence-corrected chi connectivity index (χ1v) is 7.29. The Bertz CT molecular complexity index is 525. The highest BCUT2D eigenvalue weighted by molar-refractivity contribution is 5.69. The average molecular weight is 283 g/mol. The first-order valence-electron chi connectivity index (χ1n) is 7.29. The van der Waals surface area contributed by atoms with Crippen molar-refractivity contribution in [1.29, 1.82) is 0 Å². The molecule has 0 fully saturated rings. The van der Waals surface area contributed by atoms with E-state index in [0.717, 1.165) is 25.1 Å². The first-order chi connectivity index (χ1) is 10.3. The van der Waals surface area contributed by atoms with E-state index in [0.29, 0.717) is 13.0 Å². The minimum Gasteiger partial charge on any atom is -0.461 e. The van der Waals surface area contributed by atoms with Gasteiger partial charge in [-0.25, -0.2) is 0 Å². The molecule has 0 saturated heterocycles. The standard InChI is InChI=1S/C18H21NO2/c20-18(21-15-17-10-5-2-6-11-17)12-7-13-19-14-16-8-3-1-4-9-16/h1-6,8-11,19H,7,12-15H2. The van der Waals surface area contributed by atoms with Gasteiger partial charge in [0, 0.05) is 13.0 Å². The molecule has 0 aromatic heterocycles. The van der Waals surface area contributed by atoms with Crippen LogP contribution in [0.3, 0.4) is 0 Å². The maximum Gasteiger partial charge on any atom is 0.306 e. The molecule has 0 radical (unpaired) electrons. The van der Waals surface area contributed by atoms with Crippen molar-refractivity contribution in [2.75, 3.05) is 6.54 Å². The topological polar surface area (TPSA) is 38.3 Å². The Morgan fingerprint density at radius 3 is 2.19 bits per heavy atom. The zero-order chi connectivity index (χ0) is 14.8. The molecule has 0 unspecified atom stereocenters. The van der Waals surface area contributed by atoms with Gasteiger partial charge in [-0.1, -0.05) is 60.7 Å². The van der Waals surface area contributed by atoms with Crippen molar-refractivity contribution in [3.05, 3.63) is 71.8 Å². The summed E-state index contributed by atoms with van der Waals surface area (Å²) in [4.78, 5) is 11.6. The number of hydrogen-bond donors (Lipinski definition) is 1. The molecule has 110 valence electrons. The van der Waals surface area contributed by atoms with Crippen LogP contribution in [0.25, 0.3) is 0 Å². The monoisotopic (exact) mass is 283 g/mol. The smallest absolute Gasteiger partial charge is 0.306 e. The number of esters is 1. The highest BCUT2D eigenvalue weighted by Crippen LogP contribution is 2.03. The lowest BCUT2D eigenvalue weighted by molar-refractivity contribution is -0.145. The number of rotatable bonds is 8. The fraction of sp³-hybridized carbons (Fsp3) is 0.278. The van der Waals surface area contributed by atoms with Gasteiger partial charge in [-0.05, 0) is 24.1 Å². The largest absolute Gasteiger partial charge is 0.461 e. The highest BCUT2D eigenvalue weighted by Gasteiger charge is 2.02. The van der Waals surface area contributed by atoms with E-state index in [-0.39, 0.29) is 5.97 Å². The van der Waals surface area contributed by atoms with Gasteiger partial charge in [-0.15, -0.1) is 0 Å². The highest BCUT2D eigenvalue weighted by atomic mass is 16.5. The summed E-state index contributed by atoms with van der Waals surface area (Å²) in [7, 11) is 0. The number of carbonyl (C=O) groups is 1. The maximum atomic E-state index is 11.6. The van der Waals surface area contributed by atoms with Gasteiger partial charge >= 0.3 is 5.97 Å². The Labute approximate surface area is 126 Å². The van der Waals surface area contributed by atoms with Gasteiger partial charge in [0.25, 0.3) is 0 Å². The molecule has 0 saturated carbocycles. The first kappa shape index (κ1) is 15.3. The number of hydrogen-bond acceptors (Lipinski definition) is 3. The van der Waals surface area contributed by atoms with Crippen molar-refractivity contribution in [3.8, 4) is 0 Å². The van der Waals surface area contributed by atoms with Crippen LogP contribution in [0.1, 0.15) is 24.0 Å². The molecule has 0 heterocycles. The van der Waals surface area contributed by atoms with Gasteiger partial charge in [0.1, 0.15) is 6.61 Å². The third kappa shape index (κ3) is 6.23. The minimum absolute atomic E-state index is 0.139. The molecule has 3 heteroatoms. The van der Waals surface area contributed by atoms with E-state index in [2.05, 4.69) is 17.4 Å². The second-order valence-corrected chi connectivity index (χ2v) is 4.91. The van der Waals surface area contributed by atoms with Crippen molar-refractivity contribution >= 4 is 5.97 Å². The molecule has 0 aliphatic heterocycles. The van der Waals surface area contributed by atoms with E-state index in [4.69, 9.17) is 4.74 Å². The summed E-state index contributed by atoms with van der Waals surface area (Å²) in [6.07, 6.45) is 1.25. The molecular formula is C18H21NO2. The van der Waals surface area contributed by atoms with E-state index in [9.17, 15) is 4.79 Å². The van der Waals surface area contributed by atoms with E-state index in [1.54, 1.807) is 0 Å². The van der Waals surface area contributed by atoms with Gasteiger partial charge in [0.2, 0.25) is 0 Å². The summed E-state index contributed by atoms with van der Waals surface area (Å²) in [6, 6.07) is 20.0. The average Bonchev–Trinajstić information content (AvgIpc) is 2.54. The van der Waals surface area contributed by atoms with E-state index in [1.807, 2.05) is 48.5 Å². The van der Waals surface area contributed by atoms with Crippen molar-refractivity contribution in [2.45, 2.75) is 26.0 Å². The molecule has 0 bridgehead atoms. The van der Waals surface area contributed by atoms with Crippen LogP contribution in [0.5, 0.6) is 0 Å². The number of ether oxygens (including phenoxy) is 1. The van der Waals surface area contributed by atoms with Gasteiger partial charge < -0.3 is 10.1 Å². The van der Waals surface area contributed by atoms with Crippen LogP contribution in [0.2, 0.25) is 0 Å². The Morgan fingerprint density at radius 1 is 0.905 bits per heavy atom. The SMILES string of the molecule is O=C(CCCNCc1ccccc1)OCc1ccccc1. The minimum atomic E-state index is -0.139. The third-order valence-electron chi connectivity index (χ3n) is 3.15. The van der Waals surface area contributed by atoms with Crippen molar-refractivity contribution in [3.63, 3.8) is 0 Å². The number of nitrogens with one attached hydrogen (secondary N) is 1. The summed E-state index contributed by atoms with van der Waals surface area (Å²) in [5.41, 5.74) is 2.28. The van der Waals surface area contributed by atoms with Crippen molar-refractivity contribution in [1.82, 2.24) is 5.32 Å². The molecule has 1 N–H and O–H groups in total. The Balaban J connectivity index is 1.53. The van der Waals surface area contributed by atoms with Gasteiger partial charge in [0.15, 0.2) is 0 Å². The predicted octanol–water partition coefficient (Wildman–Crippen LogP) is 3.30. The van der Waals surface area contributed by atoms with Crippen LogP contribution in [-0.4, -0.2) is 12.5 Å². The quantitative estimate of drug-likeness (QED) is 0.597.